The Morgan fingerprint density at radius 1 is 1.04 bits per heavy atom. The van der Waals surface area contributed by atoms with Gasteiger partial charge >= 0.3 is 0 Å². The van der Waals surface area contributed by atoms with Crippen LogP contribution in [0.1, 0.15) is 18.4 Å². The highest BCUT2D eigenvalue weighted by Crippen LogP contribution is 2.19. The maximum atomic E-state index is 12.1. The number of benzene rings is 2. The molecular formula is C20H19N3O3. The highest BCUT2D eigenvalue weighted by atomic mass is 16.4. The Bertz CT molecular complexity index is 886. The number of nitrogens with one attached hydrogen (secondary N) is 2. The number of carbonyl (C=O) groups excluding carboxylic acids is 2. The van der Waals surface area contributed by atoms with Crippen LogP contribution in [0.25, 0.3) is 11.3 Å². The molecule has 0 saturated heterocycles. The van der Waals surface area contributed by atoms with Gasteiger partial charge in [-0.3, -0.25) is 9.59 Å². The van der Waals surface area contributed by atoms with Crippen LogP contribution in [-0.2, 0) is 22.6 Å². The largest absolute Gasteiger partial charge is 0.439 e. The van der Waals surface area contributed by atoms with E-state index in [1.54, 1.807) is 18.3 Å². The Kier molecular flexibility index (Phi) is 5.43. The van der Waals surface area contributed by atoms with E-state index in [9.17, 15) is 9.59 Å². The smallest absolute Gasteiger partial charge is 0.224 e. The van der Waals surface area contributed by atoms with E-state index < -0.39 is 0 Å². The standard InChI is InChI=1S/C20H19N3O3/c1-14(24)23-17-9-7-15(8-10-17)11-19(25)21-13-20-22-12-18(26-20)16-5-3-2-4-6-16/h2-10,12H,11,13H2,1H3,(H,21,25)(H,23,24). The van der Waals surface area contributed by atoms with Crippen molar-refractivity contribution in [3.05, 3.63) is 72.2 Å². The van der Waals surface area contributed by atoms with Crippen molar-refractivity contribution in [1.82, 2.24) is 10.3 Å². The number of rotatable bonds is 6. The van der Waals surface area contributed by atoms with Crippen molar-refractivity contribution in [1.29, 1.82) is 0 Å². The lowest BCUT2D eigenvalue weighted by Crippen LogP contribution is -2.24. The van der Waals surface area contributed by atoms with Crippen LogP contribution in [-0.4, -0.2) is 16.8 Å². The van der Waals surface area contributed by atoms with Gasteiger partial charge in [-0.2, -0.15) is 0 Å². The van der Waals surface area contributed by atoms with E-state index in [0.717, 1.165) is 11.1 Å². The molecule has 132 valence electrons. The molecule has 0 atom stereocenters. The van der Waals surface area contributed by atoms with Crippen molar-refractivity contribution in [3.63, 3.8) is 0 Å². The number of nitrogens with zero attached hydrogens (tertiary/aromatic N) is 1. The molecule has 26 heavy (non-hydrogen) atoms. The second-order valence-corrected chi connectivity index (χ2v) is 5.82. The van der Waals surface area contributed by atoms with Crippen LogP contribution in [0, 0.1) is 0 Å². The second-order valence-electron chi connectivity index (χ2n) is 5.82. The number of aromatic nitrogens is 1. The van der Waals surface area contributed by atoms with Crippen molar-refractivity contribution in [2.75, 3.05) is 5.32 Å². The lowest BCUT2D eigenvalue weighted by Gasteiger charge is -2.05. The molecule has 0 spiro atoms. The van der Waals surface area contributed by atoms with Crippen molar-refractivity contribution < 1.29 is 14.0 Å². The molecule has 6 heteroatoms. The zero-order valence-corrected chi connectivity index (χ0v) is 14.4. The van der Waals surface area contributed by atoms with Crippen LogP contribution in [0.5, 0.6) is 0 Å². The molecule has 0 radical (unpaired) electrons. The third-order valence-electron chi connectivity index (χ3n) is 3.69. The summed E-state index contributed by atoms with van der Waals surface area (Å²) in [6.07, 6.45) is 1.89. The Hall–Kier alpha value is -3.41. The second kappa shape index (κ2) is 8.11. The SMILES string of the molecule is CC(=O)Nc1ccc(CC(=O)NCc2ncc(-c3ccccc3)o2)cc1. The van der Waals surface area contributed by atoms with Gasteiger partial charge in [0, 0.05) is 18.2 Å². The number of hydrogen-bond donors (Lipinski definition) is 2. The van der Waals surface area contributed by atoms with Crippen LogP contribution in [0.2, 0.25) is 0 Å². The van der Waals surface area contributed by atoms with Crippen molar-refractivity contribution >= 4 is 17.5 Å². The predicted octanol–water partition coefficient (Wildman–Crippen LogP) is 3.16. The third-order valence-corrected chi connectivity index (χ3v) is 3.69. The maximum Gasteiger partial charge on any atom is 0.224 e. The number of amides is 2. The fourth-order valence-electron chi connectivity index (χ4n) is 2.46. The molecule has 0 unspecified atom stereocenters. The van der Waals surface area contributed by atoms with Crippen molar-refractivity contribution in [3.8, 4) is 11.3 Å². The third kappa shape index (κ3) is 4.80. The summed E-state index contributed by atoms with van der Waals surface area (Å²) in [7, 11) is 0. The Morgan fingerprint density at radius 3 is 2.46 bits per heavy atom. The van der Waals surface area contributed by atoms with Crippen LogP contribution in [0.3, 0.4) is 0 Å². The number of anilines is 1. The normalized spacial score (nSPS) is 10.3. The van der Waals surface area contributed by atoms with Gasteiger partial charge in [-0.15, -0.1) is 0 Å². The molecule has 0 aliphatic carbocycles. The average molecular weight is 349 g/mol. The minimum absolute atomic E-state index is 0.128. The summed E-state index contributed by atoms with van der Waals surface area (Å²) in [5.41, 5.74) is 2.50. The Morgan fingerprint density at radius 2 is 1.77 bits per heavy atom. The zero-order chi connectivity index (χ0) is 18.4. The maximum absolute atomic E-state index is 12.1. The van der Waals surface area contributed by atoms with Gasteiger partial charge in [0.1, 0.15) is 0 Å². The average Bonchev–Trinajstić information content (AvgIpc) is 3.11. The summed E-state index contributed by atoms with van der Waals surface area (Å²) >= 11 is 0. The van der Waals surface area contributed by atoms with E-state index >= 15 is 0 Å². The molecule has 3 aromatic rings. The first-order valence-corrected chi connectivity index (χ1v) is 8.23. The summed E-state index contributed by atoms with van der Waals surface area (Å²) < 4.78 is 5.66. The minimum Gasteiger partial charge on any atom is -0.439 e. The van der Waals surface area contributed by atoms with E-state index in [1.165, 1.54) is 6.92 Å². The van der Waals surface area contributed by atoms with Gasteiger partial charge in [0.05, 0.1) is 19.2 Å². The van der Waals surface area contributed by atoms with Gasteiger partial charge < -0.3 is 15.1 Å². The first-order chi connectivity index (χ1) is 12.6. The molecule has 0 aliphatic heterocycles. The van der Waals surface area contributed by atoms with E-state index in [0.29, 0.717) is 17.3 Å². The molecular weight excluding hydrogens is 330 g/mol. The molecule has 3 rings (SSSR count). The van der Waals surface area contributed by atoms with Crippen molar-refractivity contribution in [2.24, 2.45) is 0 Å². The first-order valence-electron chi connectivity index (χ1n) is 8.23. The van der Waals surface area contributed by atoms with Gasteiger partial charge in [0.25, 0.3) is 0 Å². The molecule has 0 aliphatic rings. The van der Waals surface area contributed by atoms with Gasteiger partial charge in [-0.1, -0.05) is 42.5 Å². The topological polar surface area (TPSA) is 84.2 Å². The van der Waals surface area contributed by atoms with E-state index in [4.69, 9.17) is 4.42 Å². The Labute approximate surface area is 151 Å². The number of carbonyl (C=O) groups is 2. The molecule has 0 saturated carbocycles. The summed E-state index contributed by atoms with van der Waals surface area (Å²) in [4.78, 5) is 27.3. The molecule has 0 fully saturated rings. The molecule has 6 nitrogen and oxygen atoms in total. The highest BCUT2D eigenvalue weighted by molar-refractivity contribution is 5.88. The van der Waals surface area contributed by atoms with E-state index in [2.05, 4.69) is 15.6 Å². The summed E-state index contributed by atoms with van der Waals surface area (Å²) in [5.74, 6) is 0.870. The van der Waals surface area contributed by atoms with Crippen LogP contribution >= 0.6 is 0 Å². The lowest BCUT2D eigenvalue weighted by atomic mass is 10.1. The minimum atomic E-state index is -0.128. The van der Waals surface area contributed by atoms with E-state index in [-0.39, 0.29) is 24.8 Å². The fourth-order valence-corrected chi connectivity index (χ4v) is 2.46. The molecule has 0 bridgehead atoms. The predicted molar refractivity (Wildman–Crippen MR) is 98.2 cm³/mol. The van der Waals surface area contributed by atoms with Gasteiger partial charge in [0.2, 0.25) is 17.7 Å². The van der Waals surface area contributed by atoms with Crippen LogP contribution in [0.15, 0.2) is 65.2 Å². The summed E-state index contributed by atoms with van der Waals surface area (Å²) in [5, 5.41) is 5.48. The zero-order valence-electron chi connectivity index (χ0n) is 14.4. The quantitative estimate of drug-likeness (QED) is 0.716. The molecule has 1 heterocycles. The van der Waals surface area contributed by atoms with Crippen LogP contribution < -0.4 is 10.6 Å². The molecule has 2 N–H and O–H groups in total. The van der Waals surface area contributed by atoms with Gasteiger partial charge in [0.15, 0.2) is 5.76 Å². The molecule has 1 aromatic heterocycles. The fraction of sp³-hybridized carbons (Fsp3) is 0.150. The van der Waals surface area contributed by atoms with Gasteiger partial charge in [-0.25, -0.2) is 4.98 Å². The Balaban J connectivity index is 1.51. The summed E-state index contributed by atoms with van der Waals surface area (Å²) in [6.45, 7) is 1.68. The summed E-state index contributed by atoms with van der Waals surface area (Å²) in [6, 6.07) is 16.8. The molecule has 2 amide bonds. The molecule has 2 aromatic carbocycles. The number of oxazole rings is 1. The number of hydrogen-bond acceptors (Lipinski definition) is 4. The monoisotopic (exact) mass is 349 g/mol. The van der Waals surface area contributed by atoms with Crippen molar-refractivity contribution in [2.45, 2.75) is 19.9 Å². The lowest BCUT2D eigenvalue weighted by molar-refractivity contribution is -0.120. The van der Waals surface area contributed by atoms with E-state index in [1.807, 2.05) is 42.5 Å². The first kappa shape index (κ1) is 17.4. The van der Waals surface area contributed by atoms with Crippen LogP contribution in [0.4, 0.5) is 5.69 Å². The highest BCUT2D eigenvalue weighted by Gasteiger charge is 2.08. The van der Waals surface area contributed by atoms with Gasteiger partial charge in [-0.05, 0) is 17.7 Å².